The predicted molar refractivity (Wildman–Crippen MR) is 116 cm³/mol. The number of benzene rings is 3. The van der Waals surface area contributed by atoms with Crippen molar-refractivity contribution in [3.05, 3.63) is 60.7 Å². The molecule has 29 heavy (non-hydrogen) atoms. The van der Waals surface area contributed by atoms with E-state index in [1.54, 1.807) is 0 Å². The second-order valence-electron chi connectivity index (χ2n) is 7.18. The summed E-state index contributed by atoms with van der Waals surface area (Å²) in [4.78, 5) is 0. The fourth-order valence-electron chi connectivity index (χ4n) is 4.22. The van der Waals surface area contributed by atoms with Gasteiger partial charge in [-0.05, 0) is 23.8 Å². The van der Waals surface area contributed by atoms with Crippen molar-refractivity contribution in [2.75, 3.05) is 32.9 Å². The van der Waals surface area contributed by atoms with Gasteiger partial charge >= 0.3 is 0 Å². The van der Waals surface area contributed by atoms with Crippen LogP contribution in [0.25, 0.3) is 32.9 Å². The van der Waals surface area contributed by atoms with Crippen molar-refractivity contribution >= 4 is 21.8 Å². The number of hydrogen-bond donors (Lipinski definition) is 2. The summed E-state index contributed by atoms with van der Waals surface area (Å²) in [7, 11) is 0. The van der Waals surface area contributed by atoms with E-state index in [-0.39, 0.29) is 6.61 Å². The Morgan fingerprint density at radius 1 is 0.966 bits per heavy atom. The molecule has 3 aromatic carbocycles. The average molecular weight is 388 g/mol. The molecule has 0 atom stereocenters. The fraction of sp³-hybridized carbons (Fsp3) is 0.250. The Kier molecular flexibility index (Phi) is 4.84. The van der Waals surface area contributed by atoms with Crippen LogP contribution in [0.1, 0.15) is 0 Å². The lowest BCUT2D eigenvalue weighted by atomic mass is 10.0. The van der Waals surface area contributed by atoms with Crippen LogP contribution in [0.4, 0.5) is 0 Å². The van der Waals surface area contributed by atoms with Crippen molar-refractivity contribution in [3.63, 3.8) is 0 Å². The monoisotopic (exact) mass is 388 g/mol. The lowest BCUT2D eigenvalue weighted by Crippen LogP contribution is -2.24. The highest BCUT2D eigenvalue weighted by molar-refractivity contribution is 6.17. The summed E-state index contributed by atoms with van der Waals surface area (Å²) in [5, 5.41) is 14.4. The minimum absolute atomic E-state index is 0.131. The first-order chi connectivity index (χ1) is 14.4. The van der Waals surface area contributed by atoms with Crippen molar-refractivity contribution in [2.45, 2.75) is 6.54 Å². The lowest BCUT2D eigenvalue weighted by Gasteiger charge is -2.18. The van der Waals surface area contributed by atoms with Crippen LogP contribution < -0.4 is 14.8 Å². The number of fused-ring (bicyclic) bond motifs is 3. The molecular weight excluding hydrogens is 364 g/mol. The van der Waals surface area contributed by atoms with Crippen molar-refractivity contribution in [1.82, 2.24) is 9.88 Å². The first-order valence-electron chi connectivity index (χ1n) is 10.1. The Balaban J connectivity index is 1.70. The molecule has 1 aromatic heterocycles. The highest BCUT2D eigenvalue weighted by atomic mass is 16.5. The molecule has 2 N–H and O–H groups in total. The van der Waals surface area contributed by atoms with Gasteiger partial charge < -0.3 is 24.5 Å². The van der Waals surface area contributed by atoms with Crippen LogP contribution in [0.2, 0.25) is 0 Å². The van der Waals surface area contributed by atoms with Gasteiger partial charge in [-0.2, -0.15) is 0 Å². The lowest BCUT2D eigenvalue weighted by molar-refractivity contribution is 0.277. The van der Waals surface area contributed by atoms with Gasteiger partial charge in [0.1, 0.15) is 24.7 Å². The molecule has 2 heterocycles. The maximum atomic E-state index is 8.93. The zero-order valence-electron chi connectivity index (χ0n) is 16.2. The molecule has 0 unspecified atom stereocenters. The summed E-state index contributed by atoms with van der Waals surface area (Å²) < 4.78 is 14.5. The van der Waals surface area contributed by atoms with E-state index in [0.29, 0.717) is 26.3 Å². The smallest absolute Gasteiger partial charge is 0.143 e. The molecule has 5 nitrogen and oxygen atoms in total. The van der Waals surface area contributed by atoms with Gasteiger partial charge in [-0.1, -0.05) is 42.5 Å². The number of aliphatic hydroxyl groups is 1. The van der Waals surface area contributed by atoms with Crippen LogP contribution >= 0.6 is 0 Å². The van der Waals surface area contributed by atoms with Crippen molar-refractivity contribution in [3.8, 4) is 22.6 Å². The summed E-state index contributed by atoms with van der Waals surface area (Å²) in [6.45, 7) is 3.43. The van der Waals surface area contributed by atoms with E-state index in [1.165, 1.54) is 16.6 Å². The molecule has 0 spiro atoms. The number of nitrogens with one attached hydrogen (secondary N) is 1. The second-order valence-corrected chi connectivity index (χ2v) is 7.18. The van der Waals surface area contributed by atoms with E-state index in [1.807, 2.05) is 12.1 Å². The van der Waals surface area contributed by atoms with Crippen molar-refractivity contribution < 1.29 is 14.6 Å². The summed E-state index contributed by atoms with van der Waals surface area (Å²) in [5.41, 5.74) is 4.74. The molecular formula is C24H24N2O3. The van der Waals surface area contributed by atoms with Crippen molar-refractivity contribution in [2.24, 2.45) is 0 Å². The average Bonchev–Trinajstić information content (AvgIpc) is 3.11. The summed E-state index contributed by atoms with van der Waals surface area (Å²) in [5.74, 6) is 1.81. The van der Waals surface area contributed by atoms with Gasteiger partial charge in [0.05, 0.1) is 29.6 Å². The van der Waals surface area contributed by atoms with Crippen LogP contribution in [0.5, 0.6) is 11.5 Å². The molecule has 0 fully saturated rings. The number of aliphatic hydroxyl groups excluding tert-OH is 1. The molecule has 0 aliphatic carbocycles. The van der Waals surface area contributed by atoms with E-state index < -0.39 is 0 Å². The van der Waals surface area contributed by atoms with E-state index in [4.69, 9.17) is 14.6 Å². The van der Waals surface area contributed by atoms with E-state index in [0.717, 1.165) is 34.3 Å². The number of ether oxygens (including phenoxy) is 2. The molecule has 1 aliphatic rings. The molecule has 0 saturated carbocycles. The first kappa shape index (κ1) is 18.0. The van der Waals surface area contributed by atoms with E-state index >= 15 is 0 Å². The van der Waals surface area contributed by atoms with Crippen molar-refractivity contribution in [1.29, 1.82) is 0 Å². The zero-order valence-corrected chi connectivity index (χ0v) is 16.2. The first-order valence-corrected chi connectivity index (χ1v) is 10.1. The maximum absolute atomic E-state index is 8.93. The number of aromatic nitrogens is 1. The Morgan fingerprint density at radius 2 is 1.86 bits per heavy atom. The van der Waals surface area contributed by atoms with Gasteiger partial charge in [0.25, 0.3) is 0 Å². The third-order valence-electron chi connectivity index (χ3n) is 5.43. The summed E-state index contributed by atoms with van der Waals surface area (Å²) in [6.07, 6.45) is 0. The van der Waals surface area contributed by atoms with Gasteiger partial charge in [0, 0.05) is 24.0 Å². The Hall–Kier alpha value is -3.02. The minimum atomic E-state index is 0.131. The number of para-hydroxylation sites is 1. The highest BCUT2D eigenvalue weighted by Gasteiger charge is 2.23. The minimum Gasteiger partial charge on any atom is -0.492 e. The third kappa shape index (κ3) is 3.12. The second kappa shape index (κ2) is 7.78. The van der Waals surface area contributed by atoms with Crippen LogP contribution in [0, 0.1) is 0 Å². The van der Waals surface area contributed by atoms with Crippen LogP contribution in [0.15, 0.2) is 60.7 Å². The summed E-state index contributed by atoms with van der Waals surface area (Å²) >= 11 is 0. The number of rotatable bonds is 7. The SMILES string of the molecule is OCCNCCOc1ccc(-c2ccccc2)c2c1c1cccc3c1n2CCO3. The van der Waals surface area contributed by atoms with E-state index in [2.05, 4.69) is 58.4 Å². The Morgan fingerprint density at radius 3 is 2.72 bits per heavy atom. The van der Waals surface area contributed by atoms with Crippen LogP contribution in [-0.2, 0) is 6.54 Å². The van der Waals surface area contributed by atoms with Gasteiger partial charge in [-0.25, -0.2) is 0 Å². The molecule has 4 aromatic rings. The molecule has 148 valence electrons. The Bertz CT molecular complexity index is 1150. The molecule has 0 bridgehead atoms. The summed E-state index contributed by atoms with van der Waals surface area (Å²) in [6, 6.07) is 21.0. The van der Waals surface area contributed by atoms with Gasteiger partial charge in [0.2, 0.25) is 0 Å². The molecule has 5 rings (SSSR count). The maximum Gasteiger partial charge on any atom is 0.143 e. The standard InChI is InChI=1S/C24H24N2O3/c27-14-11-25-12-15-28-20-10-9-18(17-5-2-1-3-6-17)24-22(20)19-7-4-8-21-23(19)26(24)13-16-29-21/h1-10,25,27H,11-16H2. The van der Waals surface area contributed by atoms with Crippen LogP contribution in [0.3, 0.4) is 0 Å². The van der Waals surface area contributed by atoms with Crippen LogP contribution in [-0.4, -0.2) is 42.6 Å². The molecule has 0 saturated heterocycles. The molecule has 0 radical (unpaired) electrons. The quantitative estimate of drug-likeness (QED) is 0.473. The molecule has 1 aliphatic heterocycles. The molecule has 5 heteroatoms. The normalized spacial score (nSPS) is 13.0. The Labute approximate surface area is 169 Å². The third-order valence-corrected chi connectivity index (χ3v) is 5.43. The fourth-order valence-corrected chi connectivity index (χ4v) is 4.22. The number of hydrogen-bond acceptors (Lipinski definition) is 4. The largest absolute Gasteiger partial charge is 0.492 e. The highest BCUT2D eigenvalue weighted by Crippen LogP contribution is 2.44. The van der Waals surface area contributed by atoms with Gasteiger partial charge in [0.15, 0.2) is 0 Å². The number of nitrogens with zero attached hydrogens (tertiary/aromatic N) is 1. The topological polar surface area (TPSA) is 55.6 Å². The zero-order chi connectivity index (χ0) is 19.6. The van der Waals surface area contributed by atoms with Gasteiger partial charge in [-0.15, -0.1) is 0 Å². The predicted octanol–water partition coefficient (Wildman–Crippen LogP) is 3.81. The van der Waals surface area contributed by atoms with Gasteiger partial charge in [-0.3, -0.25) is 0 Å². The van der Waals surface area contributed by atoms with E-state index in [9.17, 15) is 0 Å². The molecule has 0 amide bonds.